The molecule has 0 spiro atoms. The molecule has 3 aromatic heterocycles. The number of nitrogens with zero attached hydrogens (tertiary/aromatic N) is 2. The van der Waals surface area contributed by atoms with Crippen molar-refractivity contribution in [3.8, 4) is 22.4 Å². The van der Waals surface area contributed by atoms with E-state index >= 15 is 0 Å². The van der Waals surface area contributed by atoms with Crippen LogP contribution in [0.3, 0.4) is 0 Å². The zero-order valence-electron chi connectivity index (χ0n) is 20.5. The molecule has 1 aliphatic rings. The van der Waals surface area contributed by atoms with Gasteiger partial charge in [0.25, 0.3) is 0 Å². The molecule has 0 unspecified atom stereocenters. The Morgan fingerprint density at radius 3 is 2.31 bits per heavy atom. The van der Waals surface area contributed by atoms with Crippen LogP contribution in [0.1, 0.15) is 62.4 Å². The number of rotatable bonds is 3. The number of nitrogens with one attached hydrogen (secondary N) is 2. The van der Waals surface area contributed by atoms with Gasteiger partial charge in [-0.25, -0.2) is 9.97 Å². The fourth-order valence-electron chi connectivity index (χ4n) is 5.33. The van der Waals surface area contributed by atoms with Gasteiger partial charge in [0.1, 0.15) is 11.6 Å². The number of aromatic amines is 2. The molecule has 0 bridgehead atoms. The molecule has 7 rings (SSSR count). The molecule has 0 atom stereocenters. The average molecular weight is 477 g/mol. The van der Waals surface area contributed by atoms with Crippen molar-refractivity contribution in [3.63, 3.8) is 0 Å². The number of H-pyrrole nitrogens is 2. The highest BCUT2D eigenvalue weighted by molar-refractivity contribution is 7.25. The lowest BCUT2D eigenvalue weighted by atomic mass is 9.89. The van der Waals surface area contributed by atoms with Gasteiger partial charge in [-0.2, -0.15) is 0 Å². The summed E-state index contributed by atoms with van der Waals surface area (Å²) in [5.41, 5.74) is 9.84. The third kappa shape index (κ3) is 3.25. The van der Waals surface area contributed by atoms with Gasteiger partial charge in [0.05, 0.1) is 16.7 Å². The van der Waals surface area contributed by atoms with Crippen LogP contribution in [0.5, 0.6) is 0 Å². The average Bonchev–Trinajstić information content (AvgIpc) is 3.56. The zero-order chi connectivity index (χ0) is 23.8. The lowest BCUT2D eigenvalue weighted by molar-refractivity contribution is 0.787. The van der Waals surface area contributed by atoms with Gasteiger partial charge in [-0.1, -0.05) is 58.0 Å². The van der Waals surface area contributed by atoms with Crippen molar-refractivity contribution < 1.29 is 0 Å². The monoisotopic (exact) mass is 476 g/mol. The maximum atomic E-state index is 4.93. The van der Waals surface area contributed by atoms with Crippen LogP contribution in [0.2, 0.25) is 0 Å². The molecule has 0 fully saturated rings. The summed E-state index contributed by atoms with van der Waals surface area (Å²) in [6.07, 6.45) is 2.08. The highest BCUT2D eigenvalue weighted by atomic mass is 32.1. The summed E-state index contributed by atoms with van der Waals surface area (Å²) in [5, 5.41) is 2.62. The fourth-order valence-corrected chi connectivity index (χ4v) is 6.49. The van der Waals surface area contributed by atoms with Crippen LogP contribution < -0.4 is 0 Å². The van der Waals surface area contributed by atoms with E-state index in [1.165, 1.54) is 48.1 Å². The number of fused-ring (bicyclic) bond motifs is 7. The van der Waals surface area contributed by atoms with Gasteiger partial charge in [-0.3, -0.25) is 0 Å². The zero-order valence-corrected chi connectivity index (χ0v) is 21.3. The molecule has 0 radical (unpaired) electrons. The van der Waals surface area contributed by atoms with Gasteiger partial charge in [-0.15, -0.1) is 11.3 Å². The third-order valence-corrected chi connectivity index (χ3v) is 8.44. The number of hydrogen-bond acceptors (Lipinski definition) is 3. The van der Waals surface area contributed by atoms with Gasteiger partial charge in [-0.05, 0) is 47.7 Å². The molecule has 0 saturated carbocycles. The van der Waals surface area contributed by atoms with Gasteiger partial charge in [0.15, 0.2) is 0 Å². The van der Waals surface area contributed by atoms with Crippen molar-refractivity contribution >= 4 is 42.5 Å². The van der Waals surface area contributed by atoms with E-state index in [1.807, 2.05) is 11.3 Å². The molecule has 1 aliphatic carbocycles. The Bertz CT molecular complexity index is 1760. The van der Waals surface area contributed by atoms with Gasteiger partial charge >= 0.3 is 0 Å². The SMILES string of the molecule is CC(C)c1nc2c([nH]1)CCc1cc(-c3ccc4c(c3)sc3cc5nc(C(C)C)[nH]c5cc34)ccc1-2. The summed E-state index contributed by atoms with van der Waals surface area (Å²) in [6.45, 7) is 8.74. The second-order valence-electron chi connectivity index (χ2n) is 10.4. The first-order chi connectivity index (χ1) is 16.9. The first-order valence-electron chi connectivity index (χ1n) is 12.5. The summed E-state index contributed by atoms with van der Waals surface area (Å²) in [4.78, 5) is 16.8. The molecule has 6 aromatic rings. The van der Waals surface area contributed by atoms with E-state index in [1.54, 1.807) is 0 Å². The molecule has 5 heteroatoms. The first kappa shape index (κ1) is 20.9. The summed E-state index contributed by atoms with van der Waals surface area (Å²) >= 11 is 1.86. The Kier molecular flexibility index (Phi) is 4.49. The number of hydrogen-bond donors (Lipinski definition) is 2. The van der Waals surface area contributed by atoms with Crippen LogP contribution in [0.4, 0.5) is 0 Å². The molecule has 0 saturated heterocycles. The molecule has 35 heavy (non-hydrogen) atoms. The first-order valence-corrected chi connectivity index (χ1v) is 13.3. The predicted octanol–water partition coefficient (Wildman–Crippen LogP) is 8.33. The number of aromatic nitrogens is 4. The summed E-state index contributed by atoms with van der Waals surface area (Å²) < 4.78 is 2.62. The van der Waals surface area contributed by atoms with Crippen LogP contribution >= 0.6 is 11.3 Å². The van der Waals surface area contributed by atoms with Crippen molar-refractivity contribution in [1.82, 2.24) is 19.9 Å². The van der Waals surface area contributed by atoms with E-state index < -0.39 is 0 Å². The van der Waals surface area contributed by atoms with E-state index in [-0.39, 0.29) is 0 Å². The Morgan fingerprint density at radius 2 is 1.49 bits per heavy atom. The minimum Gasteiger partial charge on any atom is -0.345 e. The molecule has 4 nitrogen and oxygen atoms in total. The molecule has 2 N–H and O–H groups in total. The van der Waals surface area contributed by atoms with Crippen LogP contribution in [0, 0.1) is 0 Å². The summed E-state index contributed by atoms with van der Waals surface area (Å²) in [6, 6.07) is 18.3. The molecule has 0 aliphatic heterocycles. The molecule has 0 amide bonds. The Labute approximate surface area is 208 Å². The minimum absolute atomic E-state index is 0.397. The van der Waals surface area contributed by atoms with Crippen molar-refractivity contribution in [1.29, 1.82) is 0 Å². The summed E-state index contributed by atoms with van der Waals surface area (Å²) in [7, 11) is 0. The maximum Gasteiger partial charge on any atom is 0.109 e. The maximum absolute atomic E-state index is 4.93. The standard InChI is InChI=1S/C30H28N4S/c1-15(2)29-32-24-13-22-21-9-6-18(12-26(21)35-27(22)14-25(24)33-29)17-5-8-20-19(11-17)7-10-23-28(20)34-30(31-23)16(3)4/h5-6,8-9,11-16H,7,10H2,1-4H3,(H,31,34)(H,32,33). The number of thiophene rings is 1. The van der Waals surface area contributed by atoms with E-state index in [0.717, 1.165) is 41.2 Å². The number of imidazole rings is 2. The molecule has 3 aromatic carbocycles. The van der Waals surface area contributed by atoms with Gasteiger partial charge in [0, 0.05) is 43.3 Å². The van der Waals surface area contributed by atoms with Crippen LogP contribution in [-0.4, -0.2) is 19.9 Å². The Hall–Kier alpha value is -3.44. The van der Waals surface area contributed by atoms with E-state index in [4.69, 9.17) is 9.97 Å². The highest BCUT2D eigenvalue weighted by Crippen LogP contribution is 2.40. The molecular formula is C30H28N4S. The topological polar surface area (TPSA) is 57.4 Å². The van der Waals surface area contributed by atoms with Gasteiger partial charge < -0.3 is 9.97 Å². The van der Waals surface area contributed by atoms with Crippen molar-refractivity contribution in [2.24, 2.45) is 0 Å². The quantitative estimate of drug-likeness (QED) is 0.270. The van der Waals surface area contributed by atoms with Crippen LogP contribution in [0.25, 0.3) is 53.6 Å². The second-order valence-corrected chi connectivity index (χ2v) is 11.5. The lowest BCUT2D eigenvalue weighted by Gasteiger charge is -2.16. The van der Waals surface area contributed by atoms with Crippen molar-refractivity contribution in [2.45, 2.75) is 52.4 Å². The van der Waals surface area contributed by atoms with Gasteiger partial charge in [0.2, 0.25) is 0 Å². The molecular weight excluding hydrogens is 448 g/mol. The lowest BCUT2D eigenvalue weighted by Crippen LogP contribution is -2.03. The van der Waals surface area contributed by atoms with E-state index in [9.17, 15) is 0 Å². The van der Waals surface area contributed by atoms with Crippen molar-refractivity contribution in [2.75, 3.05) is 0 Å². The van der Waals surface area contributed by atoms with Crippen LogP contribution in [0.15, 0.2) is 48.5 Å². The number of aryl methyl sites for hydroxylation is 2. The minimum atomic E-state index is 0.397. The van der Waals surface area contributed by atoms with E-state index in [0.29, 0.717) is 11.8 Å². The fraction of sp³-hybridized carbons (Fsp3) is 0.267. The van der Waals surface area contributed by atoms with Crippen LogP contribution in [-0.2, 0) is 12.8 Å². The molecule has 174 valence electrons. The Balaban J connectivity index is 1.30. The summed E-state index contributed by atoms with van der Waals surface area (Å²) in [5.74, 6) is 2.96. The third-order valence-electron chi connectivity index (χ3n) is 7.32. The van der Waals surface area contributed by atoms with E-state index in [2.05, 4.69) is 86.2 Å². The number of benzene rings is 3. The largest absolute Gasteiger partial charge is 0.345 e. The Morgan fingerprint density at radius 1 is 0.743 bits per heavy atom. The molecule has 3 heterocycles. The smallest absolute Gasteiger partial charge is 0.109 e. The predicted molar refractivity (Wildman–Crippen MR) is 148 cm³/mol. The van der Waals surface area contributed by atoms with Crippen molar-refractivity contribution in [3.05, 3.63) is 71.4 Å². The highest BCUT2D eigenvalue weighted by Gasteiger charge is 2.22. The normalized spacial score (nSPS) is 13.4. The second kappa shape index (κ2) is 7.53.